The molecule has 2 rings (SSSR count). The highest BCUT2D eigenvalue weighted by molar-refractivity contribution is 6.03. The van der Waals surface area contributed by atoms with Crippen LogP contribution in [0.1, 0.15) is 53.0 Å². The number of carboxylic acid groups (broad SMARTS) is 1. The fourth-order valence-corrected chi connectivity index (χ4v) is 2.31. The lowest BCUT2D eigenvalue weighted by atomic mass is 9.97. The van der Waals surface area contributed by atoms with Gasteiger partial charge in [-0.2, -0.15) is 0 Å². The first-order chi connectivity index (χ1) is 9.68. The molecule has 0 fully saturated rings. The molecule has 1 amide bonds. The molecule has 1 aromatic rings. The van der Waals surface area contributed by atoms with Crippen molar-refractivity contribution in [1.29, 1.82) is 0 Å². The summed E-state index contributed by atoms with van der Waals surface area (Å²) in [4.78, 5) is 26.8. The van der Waals surface area contributed by atoms with Crippen molar-refractivity contribution in [3.05, 3.63) is 41.2 Å². The number of carbonyl (C=O) groups excluding carboxylic acids is 1. The lowest BCUT2D eigenvalue weighted by molar-refractivity contribution is 0.0690. The topological polar surface area (TPSA) is 79.3 Å². The summed E-state index contributed by atoms with van der Waals surface area (Å²) < 4.78 is 0. The average molecular weight is 274 g/mol. The zero-order chi connectivity index (χ0) is 14.4. The van der Waals surface area contributed by atoms with Gasteiger partial charge in [0.25, 0.3) is 5.91 Å². The molecule has 1 heterocycles. The first-order valence-corrected chi connectivity index (χ1v) is 6.83. The fraction of sp³-hybridized carbons (Fsp3) is 0.400. The van der Waals surface area contributed by atoms with Crippen molar-refractivity contribution in [2.75, 3.05) is 6.54 Å². The van der Waals surface area contributed by atoms with Gasteiger partial charge in [-0.15, -0.1) is 0 Å². The molecule has 0 radical (unpaired) electrons. The van der Waals surface area contributed by atoms with Gasteiger partial charge in [0.15, 0.2) is 0 Å². The third-order valence-corrected chi connectivity index (χ3v) is 3.37. The summed E-state index contributed by atoms with van der Waals surface area (Å²) in [6.45, 7) is 0.514. The number of aromatic carboxylic acids is 1. The molecule has 0 atom stereocenters. The number of carbonyl (C=O) groups is 2. The molecule has 0 unspecified atom stereocenters. The molecular weight excluding hydrogens is 256 g/mol. The molecular formula is C15H18N2O3. The average Bonchev–Trinajstić information content (AvgIpc) is 2.48. The molecule has 106 valence electrons. The maximum Gasteiger partial charge on any atom is 0.338 e. The highest BCUT2D eigenvalue weighted by Crippen LogP contribution is 2.19. The van der Waals surface area contributed by atoms with Crippen LogP contribution in [0.2, 0.25) is 0 Å². The van der Waals surface area contributed by atoms with Crippen LogP contribution in [0.5, 0.6) is 0 Å². The Morgan fingerprint density at radius 3 is 2.90 bits per heavy atom. The molecule has 0 bridgehead atoms. The Kier molecular flexibility index (Phi) is 4.87. The molecule has 2 N–H and O–H groups in total. The monoisotopic (exact) mass is 274 g/mol. The predicted molar refractivity (Wildman–Crippen MR) is 74.7 cm³/mol. The molecule has 5 nitrogen and oxygen atoms in total. The fourth-order valence-electron chi connectivity index (χ4n) is 2.31. The van der Waals surface area contributed by atoms with E-state index < -0.39 is 11.9 Å². The van der Waals surface area contributed by atoms with E-state index in [4.69, 9.17) is 5.11 Å². The van der Waals surface area contributed by atoms with E-state index in [0.717, 1.165) is 19.3 Å². The van der Waals surface area contributed by atoms with Gasteiger partial charge in [-0.3, -0.25) is 9.78 Å². The first kappa shape index (κ1) is 14.2. The van der Waals surface area contributed by atoms with E-state index in [9.17, 15) is 9.59 Å². The number of aromatic nitrogens is 1. The number of carboxylic acids is 1. The van der Waals surface area contributed by atoms with Crippen molar-refractivity contribution in [3.63, 3.8) is 0 Å². The Balaban J connectivity index is 1.92. The minimum absolute atomic E-state index is 0.0300. The van der Waals surface area contributed by atoms with Crippen molar-refractivity contribution >= 4 is 11.9 Å². The Hall–Kier alpha value is -2.17. The number of hydrogen-bond donors (Lipinski definition) is 2. The van der Waals surface area contributed by atoms with E-state index in [1.54, 1.807) is 0 Å². The van der Waals surface area contributed by atoms with E-state index in [2.05, 4.69) is 16.4 Å². The van der Waals surface area contributed by atoms with Crippen molar-refractivity contribution in [1.82, 2.24) is 10.3 Å². The molecule has 1 aliphatic rings. The van der Waals surface area contributed by atoms with Crippen LogP contribution in [0, 0.1) is 0 Å². The second-order valence-corrected chi connectivity index (χ2v) is 4.82. The van der Waals surface area contributed by atoms with Crippen LogP contribution in [-0.4, -0.2) is 28.5 Å². The van der Waals surface area contributed by atoms with Crippen LogP contribution in [0.3, 0.4) is 0 Å². The third-order valence-electron chi connectivity index (χ3n) is 3.37. The van der Waals surface area contributed by atoms with Gasteiger partial charge in [0.2, 0.25) is 0 Å². The molecule has 0 aliphatic heterocycles. The number of pyridine rings is 1. The summed E-state index contributed by atoms with van der Waals surface area (Å²) in [6.07, 6.45) is 9.15. The van der Waals surface area contributed by atoms with Gasteiger partial charge in [-0.05, 0) is 44.2 Å². The Morgan fingerprint density at radius 1 is 1.35 bits per heavy atom. The van der Waals surface area contributed by atoms with E-state index in [1.807, 2.05) is 0 Å². The number of nitrogens with one attached hydrogen (secondary N) is 1. The summed E-state index contributed by atoms with van der Waals surface area (Å²) in [6, 6.07) is 2.89. The molecule has 0 saturated carbocycles. The summed E-state index contributed by atoms with van der Waals surface area (Å²) in [7, 11) is 0. The van der Waals surface area contributed by atoms with Crippen LogP contribution in [0.15, 0.2) is 30.0 Å². The summed E-state index contributed by atoms with van der Waals surface area (Å²) >= 11 is 0. The van der Waals surface area contributed by atoms with Crippen molar-refractivity contribution in [2.24, 2.45) is 0 Å². The molecule has 1 aromatic heterocycles. The van der Waals surface area contributed by atoms with Gasteiger partial charge in [0, 0.05) is 12.7 Å². The summed E-state index contributed by atoms with van der Waals surface area (Å²) in [5.41, 5.74) is 1.27. The molecule has 0 spiro atoms. The zero-order valence-electron chi connectivity index (χ0n) is 11.3. The van der Waals surface area contributed by atoms with Gasteiger partial charge in [0.1, 0.15) is 5.69 Å². The predicted octanol–water partition coefficient (Wildman–Crippen LogP) is 2.40. The van der Waals surface area contributed by atoms with E-state index in [-0.39, 0.29) is 11.3 Å². The molecule has 0 saturated heterocycles. The number of hydrogen-bond acceptors (Lipinski definition) is 3. The van der Waals surface area contributed by atoms with E-state index in [0.29, 0.717) is 6.54 Å². The van der Waals surface area contributed by atoms with Gasteiger partial charge < -0.3 is 10.4 Å². The molecule has 20 heavy (non-hydrogen) atoms. The van der Waals surface area contributed by atoms with Crippen LogP contribution >= 0.6 is 0 Å². The zero-order valence-corrected chi connectivity index (χ0v) is 11.3. The van der Waals surface area contributed by atoms with Crippen LogP contribution < -0.4 is 5.32 Å². The van der Waals surface area contributed by atoms with Crippen LogP contribution in [-0.2, 0) is 0 Å². The van der Waals surface area contributed by atoms with Crippen molar-refractivity contribution in [2.45, 2.75) is 32.1 Å². The van der Waals surface area contributed by atoms with E-state index in [1.165, 1.54) is 36.7 Å². The van der Waals surface area contributed by atoms with Crippen molar-refractivity contribution < 1.29 is 14.7 Å². The van der Waals surface area contributed by atoms with Gasteiger partial charge in [-0.25, -0.2) is 4.79 Å². The highest BCUT2D eigenvalue weighted by Gasteiger charge is 2.17. The number of rotatable bonds is 5. The van der Waals surface area contributed by atoms with Gasteiger partial charge in [-0.1, -0.05) is 11.6 Å². The molecule has 0 aromatic carbocycles. The third kappa shape index (κ3) is 3.66. The minimum Gasteiger partial charge on any atom is -0.478 e. The normalized spacial score (nSPS) is 14.5. The maximum absolute atomic E-state index is 12.0. The van der Waals surface area contributed by atoms with E-state index >= 15 is 0 Å². The van der Waals surface area contributed by atoms with Gasteiger partial charge in [0.05, 0.1) is 5.56 Å². The Bertz CT molecular complexity index is 538. The highest BCUT2D eigenvalue weighted by atomic mass is 16.4. The number of amides is 1. The largest absolute Gasteiger partial charge is 0.478 e. The lowest BCUT2D eigenvalue weighted by Crippen LogP contribution is -2.27. The van der Waals surface area contributed by atoms with Crippen LogP contribution in [0.25, 0.3) is 0 Å². The Labute approximate surface area is 117 Å². The summed E-state index contributed by atoms with van der Waals surface area (Å²) in [5, 5.41) is 11.8. The van der Waals surface area contributed by atoms with Gasteiger partial charge >= 0.3 is 5.97 Å². The Morgan fingerprint density at radius 2 is 2.20 bits per heavy atom. The minimum atomic E-state index is -1.14. The standard InChI is InChI=1S/C15H18N2O3/c18-14(13-12(15(19)20)7-4-9-16-13)17-10-8-11-5-2-1-3-6-11/h4-5,7,9H,1-3,6,8,10H2,(H,17,18)(H,19,20). The summed E-state index contributed by atoms with van der Waals surface area (Å²) in [5.74, 6) is -1.57. The lowest BCUT2D eigenvalue weighted by Gasteiger charge is -2.13. The van der Waals surface area contributed by atoms with Crippen molar-refractivity contribution in [3.8, 4) is 0 Å². The number of allylic oxidation sites excluding steroid dienone is 1. The first-order valence-electron chi connectivity index (χ1n) is 6.83. The number of nitrogens with zero attached hydrogens (tertiary/aromatic N) is 1. The maximum atomic E-state index is 12.0. The second kappa shape index (κ2) is 6.84. The van der Waals surface area contributed by atoms with Crippen LogP contribution in [0.4, 0.5) is 0 Å². The molecule has 5 heteroatoms. The SMILES string of the molecule is O=C(O)c1cccnc1C(=O)NCCC1=CCCCC1. The second-order valence-electron chi connectivity index (χ2n) is 4.82. The quantitative estimate of drug-likeness (QED) is 0.808. The molecule has 1 aliphatic carbocycles. The smallest absolute Gasteiger partial charge is 0.338 e.